The van der Waals surface area contributed by atoms with E-state index in [1.807, 2.05) is 40.7 Å². The molecule has 0 amide bonds. The largest absolute Gasteiger partial charge is 0.505 e. The van der Waals surface area contributed by atoms with Gasteiger partial charge < -0.3 is 9.39 Å². The molecule has 0 rings (SSSR count). The van der Waals surface area contributed by atoms with E-state index in [-0.39, 0.29) is 0 Å². The Balaban J connectivity index is 4.25. The van der Waals surface area contributed by atoms with Crippen molar-refractivity contribution >= 4 is 15.3 Å². The molecule has 1 unspecified atom stereocenters. The molecule has 1 atom stereocenters. The van der Waals surface area contributed by atoms with Gasteiger partial charge in [-0.2, -0.15) is 0 Å². The van der Waals surface area contributed by atoms with E-state index in [4.69, 9.17) is 17.2 Å². The molecule has 0 fully saturated rings. The van der Waals surface area contributed by atoms with Crippen LogP contribution in [0.2, 0.25) is 5.31 Å². The lowest BCUT2D eigenvalue weighted by atomic mass is 9.61. The van der Waals surface area contributed by atoms with E-state index >= 15 is 0 Å². The van der Waals surface area contributed by atoms with E-state index in [9.17, 15) is 0 Å². The lowest BCUT2D eigenvalue weighted by Crippen LogP contribution is -2.38. The number of hydrogen-bond acceptors (Lipinski definition) is 2. The van der Waals surface area contributed by atoms with Crippen molar-refractivity contribution in [1.29, 1.82) is 0 Å². The van der Waals surface area contributed by atoms with E-state index in [2.05, 4.69) is 13.8 Å². The Morgan fingerprint density at radius 1 is 1.33 bits per heavy atom. The van der Waals surface area contributed by atoms with Crippen LogP contribution in [0.5, 0.6) is 0 Å². The number of ether oxygens (including phenoxy) is 1. The minimum absolute atomic E-state index is 0.418. The van der Waals surface area contributed by atoms with Crippen LogP contribution < -0.4 is 0 Å². The van der Waals surface area contributed by atoms with Crippen LogP contribution >= 0.6 is 0 Å². The Hall–Kier alpha value is -0.370. The van der Waals surface area contributed by atoms with E-state index in [1.165, 1.54) is 0 Å². The molecule has 0 aliphatic heterocycles. The van der Waals surface area contributed by atoms with Crippen molar-refractivity contribution in [3.63, 3.8) is 0 Å². The number of hydrogen-bond donors (Lipinski definition) is 0. The van der Waals surface area contributed by atoms with Gasteiger partial charge in [-0.05, 0) is 32.0 Å². The van der Waals surface area contributed by atoms with Gasteiger partial charge in [0, 0.05) is 5.60 Å². The van der Waals surface area contributed by atoms with Crippen LogP contribution in [0, 0.1) is 5.92 Å². The highest BCUT2D eigenvalue weighted by atomic mass is 16.5. The molecule has 0 N–H and O–H groups in total. The zero-order valence-electron chi connectivity index (χ0n) is 13.0. The predicted octanol–water partition coefficient (Wildman–Crippen LogP) is 3.69. The maximum Gasteiger partial charge on any atom is 0.374 e. The molecule has 0 bridgehead atoms. The molecule has 0 aromatic carbocycles. The second-order valence-electron chi connectivity index (χ2n) is 5.98. The second-order valence-corrected chi connectivity index (χ2v) is 5.98. The standard InChI is InChI=1S/C14H27B2O2/c1-8-11(3)10-17-12(9-2)16-18-14(6,7)13(4,5)15/h9,11H,8,10H2,1-7H3/b12-9-. The minimum atomic E-state index is -0.443. The lowest BCUT2D eigenvalue weighted by Gasteiger charge is -2.39. The van der Waals surface area contributed by atoms with Crippen molar-refractivity contribution in [3.8, 4) is 0 Å². The smallest absolute Gasteiger partial charge is 0.374 e. The Morgan fingerprint density at radius 3 is 2.28 bits per heavy atom. The van der Waals surface area contributed by atoms with E-state index < -0.39 is 10.9 Å². The molecule has 0 aromatic rings. The Labute approximate surface area is 115 Å². The summed E-state index contributed by atoms with van der Waals surface area (Å²) in [7, 11) is 7.74. The van der Waals surface area contributed by atoms with Gasteiger partial charge in [-0.3, -0.25) is 0 Å². The van der Waals surface area contributed by atoms with Gasteiger partial charge in [0.05, 0.1) is 20.1 Å². The third-order valence-electron chi connectivity index (χ3n) is 3.54. The van der Waals surface area contributed by atoms with Gasteiger partial charge in [0.2, 0.25) is 0 Å². The van der Waals surface area contributed by atoms with Gasteiger partial charge in [0.15, 0.2) is 0 Å². The molecular formula is C14H27B2O2. The summed E-state index contributed by atoms with van der Waals surface area (Å²) in [5.74, 6) is 0.548. The van der Waals surface area contributed by atoms with E-state index in [0.29, 0.717) is 12.5 Å². The van der Waals surface area contributed by atoms with Crippen molar-refractivity contribution in [2.75, 3.05) is 6.61 Å². The van der Waals surface area contributed by atoms with Gasteiger partial charge in [-0.15, -0.1) is 0 Å². The monoisotopic (exact) mass is 249 g/mol. The topological polar surface area (TPSA) is 18.5 Å². The number of rotatable bonds is 8. The molecule has 0 heterocycles. The van der Waals surface area contributed by atoms with Crippen LogP contribution in [0.1, 0.15) is 54.9 Å². The fourth-order valence-corrected chi connectivity index (χ4v) is 0.899. The molecule has 0 aliphatic rings. The molecule has 4 heteroatoms. The molecule has 3 radical (unpaired) electrons. The molecule has 0 saturated carbocycles. The second kappa shape index (κ2) is 7.28. The quantitative estimate of drug-likeness (QED) is 0.482. The van der Waals surface area contributed by atoms with Crippen LogP contribution in [0.15, 0.2) is 11.7 Å². The van der Waals surface area contributed by atoms with E-state index in [0.717, 1.165) is 12.1 Å². The number of allylic oxidation sites excluding steroid dienone is 1. The van der Waals surface area contributed by atoms with Gasteiger partial charge in [0.25, 0.3) is 0 Å². The lowest BCUT2D eigenvalue weighted by molar-refractivity contribution is 0.0691. The molecule has 101 valence electrons. The van der Waals surface area contributed by atoms with E-state index in [1.54, 1.807) is 7.48 Å². The normalized spacial score (nSPS) is 15.4. The average molecular weight is 249 g/mol. The molecule has 0 aromatic heterocycles. The van der Waals surface area contributed by atoms with Gasteiger partial charge in [-0.1, -0.05) is 40.2 Å². The third kappa shape index (κ3) is 5.99. The summed E-state index contributed by atoms with van der Waals surface area (Å²) < 4.78 is 11.5. The first-order valence-electron chi connectivity index (χ1n) is 6.73. The summed E-state index contributed by atoms with van der Waals surface area (Å²) >= 11 is 0. The Kier molecular flexibility index (Phi) is 7.13. The molecule has 0 saturated heterocycles. The first kappa shape index (κ1) is 17.6. The summed E-state index contributed by atoms with van der Waals surface area (Å²) in [4.78, 5) is 0. The van der Waals surface area contributed by atoms with Crippen molar-refractivity contribution in [3.05, 3.63) is 11.7 Å². The maximum atomic E-state index is 6.08. The summed E-state index contributed by atoms with van der Waals surface area (Å²) in [6.07, 6.45) is 3.02. The highest BCUT2D eigenvalue weighted by molar-refractivity contribution is 6.37. The average Bonchev–Trinajstić information content (AvgIpc) is 2.27. The zero-order valence-corrected chi connectivity index (χ0v) is 13.0. The molecule has 2 nitrogen and oxygen atoms in total. The third-order valence-corrected chi connectivity index (χ3v) is 3.54. The highest BCUT2D eigenvalue weighted by Crippen LogP contribution is 2.36. The molecule has 0 spiro atoms. The molecule has 18 heavy (non-hydrogen) atoms. The van der Waals surface area contributed by atoms with Crippen LogP contribution in [-0.4, -0.2) is 27.5 Å². The summed E-state index contributed by atoms with van der Waals surface area (Å²) in [5, 5.41) is -0.418. The summed E-state index contributed by atoms with van der Waals surface area (Å²) in [6.45, 7) is 14.8. The van der Waals surface area contributed by atoms with Gasteiger partial charge >= 0.3 is 7.48 Å². The van der Waals surface area contributed by atoms with Crippen molar-refractivity contribution < 1.29 is 9.39 Å². The molecule has 0 aliphatic carbocycles. The predicted molar refractivity (Wildman–Crippen MR) is 79.9 cm³/mol. The summed E-state index contributed by atoms with van der Waals surface area (Å²) in [5.41, 5.74) is 0.314. The first-order chi connectivity index (χ1) is 8.14. The Bertz CT molecular complexity index is 267. The highest BCUT2D eigenvalue weighted by Gasteiger charge is 2.33. The maximum absolute atomic E-state index is 6.08. The Morgan fingerprint density at radius 2 is 1.89 bits per heavy atom. The van der Waals surface area contributed by atoms with Crippen LogP contribution in [0.3, 0.4) is 0 Å². The fraction of sp³-hybridized carbons (Fsp3) is 0.857. The van der Waals surface area contributed by atoms with Gasteiger partial charge in [0.1, 0.15) is 0 Å². The van der Waals surface area contributed by atoms with Gasteiger partial charge in [-0.25, -0.2) is 0 Å². The summed E-state index contributed by atoms with van der Waals surface area (Å²) in [6, 6.07) is 0. The van der Waals surface area contributed by atoms with Crippen LogP contribution in [-0.2, 0) is 9.39 Å². The fourth-order valence-electron chi connectivity index (χ4n) is 0.899. The first-order valence-corrected chi connectivity index (χ1v) is 6.73. The van der Waals surface area contributed by atoms with Crippen molar-refractivity contribution in [2.24, 2.45) is 5.92 Å². The minimum Gasteiger partial charge on any atom is -0.505 e. The van der Waals surface area contributed by atoms with Crippen molar-refractivity contribution in [2.45, 2.75) is 65.8 Å². The SMILES string of the molecule is [B]C(C)(C)C(C)(C)O[B]/C(=C/C)OCC(C)CC. The van der Waals surface area contributed by atoms with Crippen molar-refractivity contribution in [1.82, 2.24) is 0 Å². The molecular weight excluding hydrogens is 222 g/mol. The van der Waals surface area contributed by atoms with Crippen LogP contribution in [0.25, 0.3) is 0 Å². The van der Waals surface area contributed by atoms with Crippen LogP contribution in [0.4, 0.5) is 0 Å². The zero-order chi connectivity index (χ0) is 14.4.